The van der Waals surface area contributed by atoms with E-state index in [1.54, 1.807) is 0 Å². The van der Waals surface area contributed by atoms with Crippen molar-refractivity contribution in [3.63, 3.8) is 0 Å². The molecule has 3 rings (SSSR count). The van der Waals surface area contributed by atoms with Gasteiger partial charge in [0.25, 0.3) is 0 Å². The Morgan fingerprint density at radius 3 is 2.83 bits per heavy atom. The topological polar surface area (TPSA) is 56.1 Å². The van der Waals surface area contributed by atoms with E-state index < -0.39 is 5.54 Å². The Hall–Kier alpha value is -2.30. The molecule has 0 bridgehead atoms. The fourth-order valence-electron chi connectivity index (χ4n) is 3.70. The van der Waals surface area contributed by atoms with E-state index in [0.29, 0.717) is 6.54 Å². The summed E-state index contributed by atoms with van der Waals surface area (Å²) in [5.41, 5.74) is 1.85. The molecule has 1 saturated carbocycles. The lowest BCUT2D eigenvalue weighted by Crippen LogP contribution is -2.50. The van der Waals surface area contributed by atoms with Crippen LogP contribution in [0.3, 0.4) is 0 Å². The number of nitrogens with one attached hydrogen (secondary N) is 1. The fraction of sp³-hybridized carbons (Fsp3) is 0.500. The third-order valence-corrected chi connectivity index (χ3v) is 5.21. The smallest absolute Gasteiger partial charge is 0.235 e. The number of nitriles is 1. The normalized spacial score (nSPS) is 21.4. The number of carbonyl (C=O) groups excluding carboxylic acids is 1. The van der Waals surface area contributed by atoms with Crippen molar-refractivity contribution in [3.8, 4) is 18.4 Å². The molecule has 0 aromatic heterocycles. The van der Waals surface area contributed by atoms with Gasteiger partial charge in [-0.15, -0.1) is 6.42 Å². The molecule has 2 aliphatic carbocycles. The molecule has 0 aliphatic heterocycles. The van der Waals surface area contributed by atoms with Gasteiger partial charge in [-0.05, 0) is 49.7 Å². The zero-order chi connectivity index (χ0) is 17.2. The minimum Gasteiger partial charge on any atom is -0.337 e. The average molecular weight is 321 g/mol. The number of nitrogens with zero attached hydrogens (tertiary/aromatic N) is 2. The van der Waals surface area contributed by atoms with Crippen LogP contribution in [-0.2, 0) is 11.2 Å². The second-order valence-electron chi connectivity index (χ2n) is 7.00. The van der Waals surface area contributed by atoms with Crippen molar-refractivity contribution >= 4 is 5.91 Å². The van der Waals surface area contributed by atoms with Gasteiger partial charge in [0.15, 0.2) is 0 Å². The monoisotopic (exact) mass is 321 g/mol. The quantitative estimate of drug-likeness (QED) is 0.819. The average Bonchev–Trinajstić information content (AvgIpc) is 3.35. The summed E-state index contributed by atoms with van der Waals surface area (Å²) in [4.78, 5) is 14.6. The number of hydrogen-bond donors (Lipinski definition) is 1. The maximum atomic E-state index is 12.5. The van der Waals surface area contributed by atoms with Gasteiger partial charge in [0.05, 0.1) is 19.2 Å². The molecule has 24 heavy (non-hydrogen) atoms. The van der Waals surface area contributed by atoms with E-state index in [0.717, 1.165) is 25.7 Å². The third kappa shape index (κ3) is 3.30. The van der Waals surface area contributed by atoms with Crippen molar-refractivity contribution in [3.05, 3.63) is 35.4 Å². The molecule has 0 heterocycles. The van der Waals surface area contributed by atoms with E-state index >= 15 is 0 Å². The van der Waals surface area contributed by atoms with Crippen molar-refractivity contribution in [1.29, 1.82) is 5.26 Å². The number of amides is 1. The number of benzene rings is 1. The van der Waals surface area contributed by atoms with Crippen LogP contribution in [0.15, 0.2) is 24.3 Å². The molecule has 0 radical (unpaired) electrons. The third-order valence-electron chi connectivity index (χ3n) is 5.21. The molecular weight excluding hydrogens is 298 g/mol. The van der Waals surface area contributed by atoms with E-state index in [1.165, 1.54) is 11.1 Å². The van der Waals surface area contributed by atoms with E-state index in [9.17, 15) is 10.1 Å². The molecule has 1 aromatic carbocycles. The number of aryl methyl sites for hydroxylation is 1. The Morgan fingerprint density at radius 1 is 1.42 bits per heavy atom. The van der Waals surface area contributed by atoms with Crippen molar-refractivity contribution in [1.82, 2.24) is 10.2 Å². The summed E-state index contributed by atoms with van der Waals surface area (Å²) < 4.78 is 0. The van der Waals surface area contributed by atoms with Crippen LogP contribution in [0.1, 0.15) is 43.4 Å². The zero-order valence-corrected chi connectivity index (χ0v) is 14.1. The lowest BCUT2D eigenvalue weighted by atomic mass is 9.98. The van der Waals surface area contributed by atoms with Crippen molar-refractivity contribution in [2.75, 3.05) is 13.1 Å². The summed E-state index contributed by atoms with van der Waals surface area (Å²) in [5, 5.41) is 12.3. The summed E-state index contributed by atoms with van der Waals surface area (Å²) in [6.45, 7) is 2.48. The standard InChI is InChI=1S/C20H23N3O/c1-3-12-23(18-11-8-15-6-4-5-7-17(15)18)13-19(24)22-20(2,14-21)16-9-10-16/h1,4-7,16,18H,8-13H2,2H3,(H,22,24)/t18-,20-/m0/s1. The van der Waals surface area contributed by atoms with Crippen LogP contribution in [0.2, 0.25) is 0 Å². The molecule has 0 spiro atoms. The Bertz CT molecular complexity index is 710. The maximum absolute atomic E-state index is 12.5. The number of fused-ring (bicyclic) bond motifs is 1. The molecule has 2 atom stereocenters. The lowest BCUT2D eigenvalue weighted by molar-refractivity contribution is -0.124. The minimum atomic E-state index is -0.757. The van der Waals surface area contributed by atoms with E-state index in [4.69, 9.17) is 6.42 Å². The second kappa shape index (κ2) is 6.67. The van der Waals surface area contributed by atoms with Gasteiger partial charge in [-0.1, -0.05) is 30.2 Å². The molecule has 1 amide bonds. The van der Waals surface area contributed by atoms with Crippen LogP contribution in [0.25, 0.3) is 0 Å². The molecule has 0 unspecified atom stereocenters. The Balaban J connectivity index is 1.70. The molecule has 4 heteroatoms. The molecular formula is C20H23N3O. The Labute approximate surface area is 143 Å². The number of carbonyl (C=O) groups is 1. The van der Waals surface area contributed by atoms with Gasteiger partial charge in [0.2, 0.25) is 5.91 Å². The molecule has 1 aromatic rings. The van der Waals surface area contributed by atoms with Gasteiger partial charge >= 0.3 is 0 Å². The molecule has 2 aliphatic rings. The zero-order valence-electron chi connectivity index (χ0n) is 14.1. The van der Waals surface area contributed by atoms with Crippen LogP contribution < -0.4 is 5.32 Å². The number of hydrogen-bond acceptors (Lipinski definition) is 3. The maximum Gasteiger partial charge on any atom is 0.235 e. The van der Waals surface area contributed by atoms with E-state index in [2.05, 4.69) is 29.4 Å². The highest BCUT2D eigenvalue weighted by molar-refractivity contribution is 5.79. The van der Waals surface area contributed by atoms with Gasteiger partial charge in [-0.25, -0.2) is 0 Å². The molecule has 124 valence electrons. The first kappa shape index (κ1) is 16.6. The van der Waals surface area contributed by atoms with E-state index in [-0.39, 0.29) is 24.4 Å². The van der Waals surface area contributed by atoms with Gasteiger partial charge in [-0.2, -0.15) is 5.26 Å². The van der Waals surface area contributed by atoms with Crippen LogP contribution in [0.5, 0.6) is 0 Å². The van der Waals surface area contributed by atoms with Crippen molar-refractivity contribution in [2.24, 2.45) is 5.92 Å². The lowest BCUT2D eigenvalue weighted by Gasteiger charge is -2.29. The second-order valence-corrected chi connectivity index (χ2v) is 7.00. The van der Waals surface area contributed by atoms with Crippen molar-refractivity contribution < 1.29 is 4.79 Å². The van der Waals surface area contributed by atoms with E-state index in [1.807, 2.05) is 24.0 Å². The summed E-state index contributed by atoms with van der Waals surface area (Å²) in [6.07, 6.45) is 9.54. The first-order valence-corrected chi connectivity index (χ1v) is 8.55. The van der Waals surface area contributed by atoms with Gasteiger partial charge in [0.1, 0.15) is 5.54 Å². The molecule has 0 saturated heterocycles. The largest absolute Gasteiger partial charge is 0.337 e. The number of rotatable bonds is 6. The highest BCUT2D eigenvalue weighted by Crippen LogP contribution is 2.39. The van der Waals surface area contributed by atoms with Crippen molar-refractivity contribution in [2.45, 2.75) is 44.2 Å². The Kier molecular flexibility index (Phi) is 4.60. The molecule has 1 fully saturated rings. The Morgan fingerprint density at radius 2 is 2.17 bits per heavy atom. The predicted molar refractivity (Wildman–Crippen MR) is 92.8 cm³/mol. The summed E-state index contributed by atoms with van der Waals surface area (Å²) in [5.74, 6) is 2.83. The first-order chi connectivity index (χ1) is 11.6. The predicted octanol–water partition coefficient (Wildman–Crippen LogP) is 2.42. The highest BCUT2D eigenvalue weighted by atomic mass is 16.2. The van der Waals surface area contributed by atoms with Gasteiger partial charge < -0.3 is 5.32 Å². The summed E-state index contributed by atoms with van der Waals surface area (Å²) >= 11 is 0. The summed E-state index contributed by atoms with van der Waals surface area (Å²) in [6, 6.07) is 10.8. The first-order valence-electron chi connectivity index (χ1n) is 8.55. The van der Waals surface area contributed by atoms with Gasteiger partial charge in [-0.3, -0.25) is 9.69 Å². The highest BCUT2D eigenvalue weighted by Gasteiger charge is 2.43. The minimum absolute atomic E-state index is 0.120. The van der Waals surface area contributed by atoms with Crippen LogP contribution in [0, 0.1) is 29.6 Å². The van der Waals surface area contributed by atoms with Crippen LogP contribution >= 0.6 is 0 Å². The SMILES string of the molecule is C#CCN(CC(=O)N[C@@](C)(C#N)C1CC1)[C@H]1CCc2ccccc21. The number of terminal acetylenes is 1. The molecule has 1 N–H and O–H groups in total. The molecule has 4 nitrogen and oxygen atoms in total. The van der Waals surface area contributed by atoms with Gasteiger partial charge in [0, 0.05) is 6.04 Å². The van der Waals surface area contributed by atoms with Crippen LogP contribution in [0.4, 0.5) is 0 Å². The fourth-order valence-corrected chi connectivity index (χ4v) is 3.70. The van der Waals surface area contributed by atoms with Crippen LogP contribution in [-0.4, -0.2) is 29.4 Å². The summed E-state index contributed by atoms with van der Waals surface area (Å²) in [7, 11) is 0.